The summed E-state index contributed by atoms with van der Waals surface area (Å²) < 4.78 is 5.32. The van der Waals surface area contributed by atoms with Gasteiger partial charge in [-0.25, -0.2) is 0 Å². The zero-order valence-electron chi connectivity index (χ0n) is 11.8. The monoisotopic (exact) mass is 264 g/mol. The van der Waals surface area contributed by atoms with E-state index in [0.29, 0.717) is 5.56 Å². The van der Waals surface area contributed by atoms with Crippen LogP contribution in [-0.4, -0.2) is 22.6 Å². The van der Waals surface area contributed by atoms with Gasteiger partial charge < -0.3 is 9.84 Å². The Morgan fingerprint density at radius 3 is 2.16 bits per heavy atom. The summed E-state index contributed by atoms with van der Waals surface area (Å²) in [6.45, 7) is 7.26. The predicted molar refractivity (Wildman–Crippen MR) is 72.0 cm³/mol. The first-order valence-electron chi connectivity index (χ1n) is 6.22. The highest BCUT2D eigenvalue weighted by Gasteiger charge is 2.22. The van der Waals surface area contributed by atoms with Crippen LogP contribution in [0.2, 0.25) is 0 Å². The van der Waals surface area contributed by atoms with Crippen LogP contribution in [0.1, 0.15) is 44.7 Å². The van der Waals surface area contributed by atoms with Crippen LogP contribution < -0.4 is 0 Å². The normalized spacial score (nSPS) is 12.8. The predicted octanol–water partition coefficient (Wildman–Crippen LogP) is 2.76. The summed E-state index contributed by atoms with van der Waals surface area (Å²) in [4.78, 5) is 22.5. The van der Waals surface area contributed by atoms with Crippen LogP contribution in [0.15, 0.2) is 24.3 Å². The lowest BCUT2D eigenvalue weighted by Gasteiger charge is -2.22. The second kappa shape index (κ2) is 5.87. The largest absolute Gasteiger partial charge is 0.481 e. The molecule has 1 N–H and O–H groups in total. The maximum Gasteiger partial charge on any atom is 0.313 e. The molecule has 0 amide bonds. The third kappa shape index (κ3) is 5.12. The van der Waals surface area contributed by atoms with Crippen molar-refractivity contribution in [2.75, 3.05) is 0 Å². The highest BCUT2D eigenvalue weighted by Crippen LogP contribution is 2.20. The summed E-state index contributed by atoms with van der Waals surface area (Å²) >= 11 is 0. The van der Waals surface area contributed by atoms with Gasteiger partial charge in [0.15, 0.2) is 0 Å². The molecular formula is C15H20O4. The first-order chi connectivity index (χ1) is 8.69. The smallest absolute Gasteiger partial charge is 0.313 e. The molecule has 0 aliphatic rings. The molecule has 104 valence electrons. The van der Waals surface area contributed by atoms with Crippen molar-refractivity contribution in [3.8, 4) is 0 Å². The Kier molecular flexibility index (Phi) is 4.70. The standard InChI is InChI=1S/C15H20O4/c1-10(14(18)19-15(2,3)4)12-7-5-11(6-8-12)9-13(16)17/h5-8,10H,9H2,1-4H3,(H,16,17). The lowest BCUT2D eigenvalue weighted by Crippen LogP contribution is -2.26. The molecule has 0 saturated carbocycles. The number of benzene rings is 1. The average molecular weight is 264 g/mol. The number of ether oxygens (including phenoxy) is 1. The molecule has 0 bridgehead atoms. The fraction of sp³-hybridized carbons (Fsp3) is 0.467. The molecule has 0 heterocycles. The quantitative estimate of drug-likeness (QED) is 0.849. The van der Waals surface area contributed by atoms with Crippen LogP contribution in [0.3, 0.4) is 0 Å². The van der Waals surface area contributed by atoms with E-state index in [1.165, 1.54) is 0 Å². The number of rotatable bonds is 4. The molecule has 0 aromatic heterocycles. The van der Waals surface area contributed by atoms with Crippen molar-refractivity contribution in [2.45, 2.75) is 45.6 Å². The number of carbonyl (C=O) groups excluding carboxylic acids is 1. The molecule has 0 aliphatic carbocycles. The van der Waals surface area contributed by atoms with Gasteiger partial charge in [-0.1, -0.05) is 24.3 Å². The third-order valence-electron chi connectivity index (χ3n) is 2.60. The fourth-order valence-electron chi connectivity index (χ4n) is 1.63. The molecule has 1 unspecified atom stereocenters. The van der Waals surface area contributed by atoms with Crippen molar-refractivity contribution >= 4 is 11.9 Å². The number of hydrogen-bond acceptors (Lipinski definition) is 3. The molecule has 1 aromatic carbocycles. The molecule has 1 rings (SSSR count). The first-order valence-corrected chi connectivity index (χ1v) is 6.22. The lowest BCUT2D eigenvalue weighted by atomic mass is 9.99. The topological polar surface area (TPSA) is 63.6 Å². The maximum absolute atomic E-state index is 11.9. The van der Waals surface area contributed by atoms with E-state index in [4.69, 9.17) is 9.84 Å². The van der Waals surface area contributed by atoms with Crippen LogP contribution in [0.25, 0.3) is 0 Å². The zero-order valence-corrected chi connectivity index (χ0v) is 11.8. The molecule has 0 radical (unpaired) electrons. The van der Waals surface area contributed by atoms with Gasteiger partial charge in [-0.05, 0) is 38.8 Å². The molecule has 4 nitrogen and oxygen atoms in total. The van der Waals surface area contributed by atoms with Crippen molar-refractivity contribution < 1.29 is 19.4 Å². The van der Waals surface area contributed by atoms with Crippen LogP contribution in [0, 0.1) is 0 Å². The zero-order chi connectivity index (χ0) is 14.6. The Hall–Kier alpha value is -1.84. The summed E-state index contributed by atoms with van der Waals surface area (Å²) in [6.07, 6.45) is -0.0128. The molecule has 0 aliphatic heterocycles. The number of hydrogen-bond donors (Lipinski definition) is 1. The van der Waals surface area contributed by atoms with Gasteiger partial charge in [0.2, 0.25) is 0 Å². The van der Waals surface area contributed by atoms with E-state index in [2.05, 4.69) is 0 Å². The van der Waals surface area contributed by atoms with Crippen LogP contribution in [0.5, 0.6) is 0 Å². The summed E-state index contributed by atoms with van der Waals surface area (Å²) in [5.41, 5.74) is 1.03. The summed E-state index contributed by atoms with van der Waals surface area (Å²) in [7, 11) is 0. The van der Waals surface area contributed by atoms with Crippen molar-refractivity contribution in [3.05, 3.63) is 35.4 Å². The molecule has 0 saturated heterocycles. The van der Waals surface area contributed by atoms with Crippen molar-refractivity contribution in [1.82, 2.24) is 0 Å². The molecule has 1 aromatic rings. The first kappa shape index (κ1) is 15.2. The van der Waals surface area contributed by atoms with E-state index in [0.717, 1.165) is 5.56 Å². The summed E-state index contributed by atoms with van der Waals surface area (Å²) in [5.74, 6) is -1.51. The van der Waals surface area contributed by atoms with Gasteiger partial charge in [-0.15, -0.1) is 0 Å². The van der Waals surface area contributed by atoms with Gasteiger partial charge in [0.25, 0.3) is 0 Å². The van der Waals surface area contributed by atoms with Crippen molar-refractivity contribution in [1.29, 1.82) is 0 Å². The third-order valence-corrected chi connectivity index (χ3v) is 2.60. The van der Waals surface area contributed by atoms with Gasteiger partial charge >= 0.3 is 11.9 Å². The summed E-state index contributed by atoms with van der Waals surface area (Å²) in [5, 5.41) is 8.69. The minimum Gasteiger partial charge on any atom is -0.481 e. The van der Waals surface area contributed by atoms with Crippen molar-refractivity contribution in [3.63, 3.8) is 0 Å². The van der Waals surface area contributed by atoms with Crippen LogP contribution in [0.4, 0.5) is 0 Å². The van der Waals surface area contributed by atoms with Crippen LogP contribution >= 0.6 is 0 Å². The van der Waals surface area contributed by atoms with Gasteiger partial charge in [0.05, 0.1) is 12.3 Å². The van der Waals surface area contributed by atoms with Crippen molar-refractivity contribution in [2.24, 2.45) is 0 Å². The van der Waals surface area contributed by atoms with Gasteiger partial charge in [-0.2, -0.15) is 0 Å². The highest BCUT2D eigenvalue weighted by atomic mass is 16.6. The number of carboxylic acids is 1. The van der Waals surface area contributed by atoms with Gasteiger partial charge in [0, 0.05) is 0 Å². The fourth-order valence-corrected chi connectivity index (χ4v) is 1.63. The number of aliphatic carboxylic acids is 1. The Labute approximate surface area is 113 Å². The number of carboxylic acid groups (broad SMARTS) is 1. The minimum absolute atomic E-state index is 0.0128. The second-order valence-electron chi connectivity index (χ2n) is 5.57. The second-order valence-corrected chi connectivity index (χ2v) is 5.57. The Balaban J connectivity index is 2.75. The molecule has 1 atom stereocenters. The Bertz CT molecular complexity index is 454. The lowest BCUT2D eigenvalue weighted by molar-refractivity contribution is -0.156. The van der Waals surface area contributed by atoms with E-state index in [-0.39, 0.29) is 18.3 Å². The number of esters is 1. The number of carbonyl (C=O) groups is 2. The van der Waals surface area contributed by atoms with E-state index in [9.17, 15) is 9.59 Å². The molecule has 0 fully saturated rings. The highest BCUT2D eigenvalue weighted by molar-refractivity contribution is 5.78. The van der Waals surface area contributed by atoms with Gasteiger partial charge in [0.1, 0.15) is 5.60 Å². The minimum atomic E-state index is -0.868. The Morgan fingerprint density at radius 1 is 1.21 bits per heavy atom. The molecule has 0 spiro atoms. The van der Waals surface area contributed by atoms with E-state index < -0.39 is 11.6 Å². The van der Waals surface area contributed by atoms with Gasteiger partial charge in [-0.3, -0.25) is 9.59 Å². The maximum atomic E-state index is 11.9. The van der Waals surface area contributed by atoms with E-state index in [1.807, 2.05) is 20.8 Å². The molecular weight excluding hydrogens is 244 g/mol. The average Bonchev–Trinajstić information content (AvgIpc) is 2.26. The molecule has 4 heteroatoms. The van der Waals surface area contributed by atoms with E-state index in [1.54, 1.807) is 31.2 Å². The van der Waals surface area contributed by atoms with E-state index >= 15 is 0 Å². The Morgan fingerprint density at radius 2 is 1.74 bits per heavy atom. The van der Waals surface area contributed by atoms with Crippen LogP contribution in [-0.2, 0) is 20.7 Å². The summed E-state index contributed by atoms with van der Waals surface area (Å²) in [6, 6.07) is 6.99. The molecule has 19 heavy (non-hydrogen) atoms. The SMILES string of the molecule is CC(C(=O)OC(C)(C)C)c1ccc(CC(=O)O)cc1.